The highest BCUT2D eigenvalue weighted by atomic mass is 32.5. The van der Waals surface area contributed by atoms with Gasteiger partial charge in [0.05, 0.1) is 0 Å². The molecule has 0 atom stereocenters. The summed E-state index contributed by atoms with van der Waals surface area (Å²) in [6, 6.07) is 3.69. The van der Waals surface area contributed by atoms with E-state index in [-0.39, 0.29) is 5.92 Å². The van der Waals surface area contributed by atoms with Gasteiger partial charge in [0.15, 0.2) is 0 Å². The second kappa shape index (κ2) is 9.23. The van der Waals surface area contributed by atoms with E-state index in [1.807, 2.05) is 0 Å². The Balaban J connectivity index is 1.41. The average Bonchev–Trinajstić information content (AvgIpc) is 2.73. The summed E-state index contributed by atoms with van der Waals surface area (Å²) in [5.41, 5.74) is 0.774. The lowest BCUT2D eigenvalue weighted by molar-refractivity contribution is 0.155. The van der Waals surface area contributed by atoms with Gasteiger partial charge in [-0.05, 0) is 79.9 Å². The molecule has 0 N–H and O–H groups in total. The fourth-order valence-corrected chi connectivity index (χ4v) is 6.56. The molecule has 3 rings (SSSR count). The molecule has 0 nitrogen and oxygen atoms in total. The van der Waals surface area contributed by atoms with Gasteiger partial charge in [0.2, 0.25) is 0 Å². The standard InChI is InChI=1S/C25H39F5S/c1-2-3-4-5-6-7-20-8-10-21(11-9-20)22-12-14-23(15-13-22)24-16-18-25(19-17-24)31(26,27,28,29)30/h16-23H,2-15H2,1H3/t20-,21-,22-,23-. The quantitative estimate of drug-likeness (QED) is 0.251. The summed E-state index contributed by atoms with van der Waals surface area (Å²) in [6.07, 6.45) is 17.7. The maximum absolute atomic E-state index is 12.9. The third kappa shape index (κ3) is 7.36. The highest BCUT2D eigenvalue weighted by Gasteiger charge is 2.65. The van der Waals surface area contributed by atoms with Crippen molar-refractivity contribution in [3.05, 3.63) is 29.8 Å². The molecule has 0 radical (unpaired) electrons. The van der Waals surface area contributed by atoms with E-state index in [0.29, 0.717) is 12.1 Å². The number of benzene rings is 1. The van der Waals surface area contributed by atoms with E-state index in [9.17, 15) is 19.4 Å². The van der Waals surface area contributed by atoms with Crippen molar-refractivity contribution in [1.82, 2.24) is 0 Å². The fourth-order valence-electron chi connectivity index (χ4n) is 5.91. The molecule has 0 bridgehead atoms. The van der Waals surface area contributed by atoms with Crippen molar-refractivity contribution in [2.75, 3.05) is 0 Å². The van der Waals surface area contributed by atoms with Crippen molar-refractivity contribution >= 4 is 10.2 Å². The van der Waals surface area contributed by atoms with E-state index in [0.717, 1.165) is 49.0 Å². The number of hydrogen-bond donors (Lipinski definition) is 0. The molecule has 2 fully saturated rings. The molecule has 0 saturated heterocycles. The third-order valence-corrected chi connectivity index (χ3v) is 9.01. The summed E-state index contributed by atoms with van der Waals surface area (Å²) in [7, 11) is -9.57. The van der Waals surface area contributed by atoms with Gasteiger partial charge in [-0.25, -0.2) is 0 Å². The monoisotopic (exact) mass is 466 g/mol. The maximum Gasteiger partial charge on any atom is 0.310 e. The lowest BCUT2D eigenvalue weighted by Gasteiger charge is -2.41. The summed E-state index contributed by atoms with van der Waals surface area (Å²) < 4.78 is 64.6. The number of halogens is 5. The topological polar surface area (TPSA) is 0 Å². The summed E-state index contributed by atoms with van der Waals surface area (Å²) in [4.78, 5) is -1.78. The van der Waals surface area contributed by atoms with Crippen molar-refractivity contribution in [2.24, 2.45) is 17.8 Å². The highest BCUT2D eigenvalue weighted by Crippen LogP contribution is 3.02. The van der Waals surface area contributed by atoms with Crippen LogP contribution in [0.2, 0.25) is 0 Å². The zero-order valence-electron chi connectivity index (χ0n) is 18.8. The van der Waals surface area contributed by atoms with Gasteiger partial charge >= 0.3 is 10.2 Å². The first-order valence-corrected chi connectivity index (χ1v) is 14.3. The molecule has 0 amide bonds. The van der Waals surface area contributed by atoms with E-state index in [1.165, 1.54) is 76.3 Å². The zero-order valence-corrected chi connectivity index (χ0v) is 19.6. The Labute approximate surface area is 185 Å². The number of unbranched alkanes of at least 4 members (excludes halogenated alkanes) is 4. The largest absolute Gasteiger partial charge is 0.310 e. The van der Waals surface area contributed by atoms with Crippen LogP contribution in [0.5, 0.6) is 0 Å². The van der Waals surface area contributed by atoms with Gasteiger partial charge in [-0.15, -0.1) is 0 Å². The van der Waals surface area contributed by atoms with Crippen molar-refractivity contribution in [1.29, 1.82) is 0 Å². The Bertz CT molecular complexity index is 681. The first-order chi connectivity index (χ1) is 14.5. The SMILES string of the molecule is CCCCCCC[C@H]1CC[C@H]([C@H]2CC[C@H](c3ccc(S(F)(F)(F)(F)F)cc3)CC2)CC1. The maximum atomic E-state index is 12.9. The minimum Gasteiger partial charge on any atom is -0.0936 e. The van der Waals surface area contributed by atoms with Gasteiger partial charge in [0.25, 0.3) is 0 Å². The van der Waals surface area contributed by atoms with Crippen LogP contribution in [0, 0.1) is 17.8 Å². The molecule has 1 aromatic carbocycles. The Kier molecular flexibility index (Phi) is 7.40. The second-order valence-corrected chi connectivity index (χ2v) is 12.5. The van der Waals surface area contributed by atoms with Crippen LogP contribution in [-0.2, 0) is 0 Å². The molecule has 31 heavy (non-hydrogen) atoms. The smallest absolute Gasteiger partial charge is 0.0936 e. The van der Waals surface area contributed by atoms with Crippen LogP contribution in [0.3, 0.4) is 0 Å². The van der Waals surface area contributed by atoms with E-state index in [4.69, 9.17) is 0 Å². The molecule has 2 aliphatic carbocycles. The predicted molar refractivity (Wildman–Crippen MR) is 121 cm³/mol. The van der Waals surface area contributed by atoms with Gasteiger partial charge in [-0.1, -0.05) is 89.9 Å². The summed E-state index contributed by atoms with van der Waals surface area (Å²) in [5, 5.41) is 0. The van der Waals surface area contributed by atoms with E-state index in [1.54, 1.807) is 0 Å². The van der Waals surface area contributed by atoms with Crippen LogP contribution in [0.1, 0.15) is 108 Å². The highest BCUT2D eigenvalue weighted by molar-refractivity contribution is 8.45. The second-order valence-electron chi connectivity index (χ2n) is 10.1. The van der Waals surface area contributed by atoms with Gasteiger partial charge in [-0.3, -0.25) is 0 Å². The van der Waals surface area contributed by atoms with Crippen molar-refractivity contribution < 1.29 is 19.4 Å². The fraction of sp³-hybridized carbons (Fsp3) is 0.760. The number of rotatable bonds is 9. The normalized spacial score (nSPS) is 29.9. The van der Waals surface area contributed by atoms with Crippen molar-refractivity contribution in [3.63, 3.8) is 0 Å². The van der Waals surface area contributed by atoms with Crippen molar-refractivity contribution in [3.8, 4) is 0 Å². The minimum atomic E-state index is -9.57. The van der Waals surface area contributed by atoms with Crippen LogP contribution in [0.15, 0.2) is 29.2 Å². The minimum absolute atomic E-state index is 0.197. The molecular weight excluding hydrogens is 427 g/mol. The molecule has 0 unspecified atom stereocenters. The van der Waals surface area contributed by atoms with Gasteiger partial charge in [0.1, 0.15) is 4.90 Å². The van der Waals surface area contributed by atoms with E-state index < -0.39 is 15.1 Å². The molecule has 2 saturated carbocycles. The van der Waals surface area contributed by atoms with Gasteiger partial charge in [0, 0.05) is 0 Å². The molecule has 6 heteroatoms. The molecular formula is C25H39F5S. The van der Waals surface area contributed by atoms with Crippen LogP contribution in [-0.4, -0.2) is 0 Å². The van der Waals surface area contributed by atoms with Gasteiger partial charge in [-0.2, -0.15) is 0 Å². The predicted octanol–water partition coefficient (Wildman–Crippen LogP) is 10.8. The Morgan fingerprint density at radius 2 is 1.19 bits per heavy atom. The zero-order chi connectivity index (χ0) is 22.6. The average molecular weight is 467 g/mol. The lowest BCUT2D eigenvalue weighted by atomic mass is 9.68. The van der Waals surface area contributed by atoms with Crippen LogP contribution < -0.4 is 0 Å². The van der Waals surface area contributed by atoms with Crippen LogP contribution >= 0.6 is 10.2 Å². The summed E-state index contributed by atoms with van der Waals surface area (Å²) in [5.74, 6) is 2.63. The molecule has 0 spiro atoms. The Morgan fingerprint density at radius 3 is 1.71 bits per heavy atom. The van der Waals surface area contributed by atoms with Gasteiger partial charge < -0.3 is 0 Å². The summed E-state index contributed by atoms with van der Waals surface area (Å²) in [6.45, 7) is 2.25. The molecule has 2 aliphatic rings. The Morgan fingerprint density at radius 1 is 0.677 bits per heavy atom. The molecule has 180 valence electrons. The van der Waals surface area contributed by atoms with E-state index in [2.05, 4.69) is 6.92 Å². The van der Waals surface area contributed by atoms with Crippen molar-refractivity contribution in [2.45, 2.75) is 108 Å². The Hall–Kier alpha value is -0.780. The first kappa shape index (κ1) is 24.9. The van der Waals surface area contributed by atoms with Crippen LogP contribution in [0.4, 0.5) is 19.4 Å². The van der Waals surface area contributed by atoms with E-state index >= 15 is 0 Å². The first-order valence-electron chi connectivity index (χ1n) is 12.3. The number of hydrogen-bond acceptors (Lipinski definition) is 0. The van der Waals surface area contributed by atoms with Crippen LogP contribution in [0.25, 0.3) is 0 Å². The molecule has 0 aliphatic heterocycles. The third-order valence-electron chi connectivity index (χ3n) is 7.84. The molecule has 1 aromatic rings. The summed E-state index contributed by atoms with van der Waals surface area (Å²) >= 11 is 0. The lowest BCUT2D eigenvalue weighted by Crippen LogP contribution is -2.25. The molecule has 0 aromatic heterocycles. The molecule has 0 heterocycles.